The van der Waals surface area contributed by atoms with Crippen molar-refractivity contribution >= 4 is 28.5 Å². The van der Waals surface area contributed by atoms with Crippen molar-refractivity contribution in [2.24, 2.45) is 7.05 Å². The third-order valence-electron chi connectivity index (χ3n) is 5.07. The Hall–Kier alpha value is -1.94. The number of fused-ring (bicyclic) bond motifs is 1. The summed E-state index contributed by atoms with van der Waals surface area (Å²) in [5.74, 6) is 2.28. The van der Waals surface area contributed by atoms with Crippen LogP contribution in [-0.2, 0) is 7.05 Å². The Morgan fingerprint density at radius 3 is 2.40 bits per heavy atom. The topological polar surface area (TPSA) is 21.1 Å². The van der Waals surface area contributed by atoms with Crippen LogP contribution >= 0.6 is 11.8 Å². The maximum atomic E-state index is 4.96. The third-order valence-corrected chi connectivity index (χ3v) is 6.04. The van der Waals surface area contributed by atoms with Gasteiger partial charge in [0.25, 0.3) is 0 Å². The molecule has 0 unspecified atom stereocenters. The van der Waals surface area contributed by atoms with E-state index in [4.69, 9.17) is 4.98 Å². The van der Waals surface area contributed by atoms with E-state index in [1.807, 2.05) is 11.8 Å². The molecule has 0 radical (unpaired) electrons. The van der Waals surface area contributed by atoms with Crippen molar-refractivity contribution in [3.63, 3.8) is 0 Å². The lowest BCUT2D eigenvalue weighted by molar-refractivity contribution is 0.942. The van der Waals surface area contributed by atoms with Crippen LogP contribution in [0.4, 0.5) is 5.69 Å². The minimum Gasteiger partial charge on any atom is -0.360 e. The summed E-state index contributed by atoms with van der Waals surface area (Å²) in [7, 11) is 2.15. The fraction of sp³-hybridized carbons (Fsp3) is 0.381. The largest absolute Gasteiger partial charge is 0.360 e. The fourth-order valence-electron chi connectivity index (χ4n) is 4.14. The molecule has 1 aliphatic heterocycles. The van der Waals surface area contributed by atoms with Crippen LogP contribution in [0.15, 0.2) is 24.4 Å². The quantitative estimate of drug-likeness (QED) is 0.649. The number of aryl methyl sites for hydroxylation is 5. The standard InChI is InChI=1S/C21H25N3S/c1-13-8-14(2)19(15(3)9-13)17-11-23(5)21-18(24-6-7-25-12-24)10-16(4)22-20(17)21/h8-11H,6-7,12H2,1-5H3. The Balaban J connectivity index is 2.01. The average molecular weight is 352 g/mol. The molecular formula is C21H25N3S. The summed E-state index contributed by atoms with van der Waals surface area (Å²) in [6.07, 6.45) is 2.26. The number of rotatable bonds is 2. The van der Waals surface area contributed by atoms with Crippen LogP contribution in [0.1, 0.15) is 22.4 Å². The first-order chi connectivity index (χ1) is 12.0. The maximum absolute atomic E-state index is 4.96. The molecule has 3 aromatic rings. The molecule has 0 atom stereocenters. The molecule has 0 amide bonds. The van der Waals surface area contributed by atoms with Crippen molar-refractivity contribution in [1.29, 1.82) is 0 Å². The number of aromatic nitrogens is 2. The number of hydrogen-bond acceptors (Lipinski definition) is 3. The van der Waals surface area contributed by atoms with Gasteiger partial charge >= 0.3 is 0 Å². The predicted molar refractivity (Wildman–Crippen MR) is 110 cm³/mol. The number of thioether (sulfide) groups is 1. The van der Waals surface area contributed by atoms with E-state index in [-0.39, 0.29) is 0 Å². The van der Waals surface area contributed by atoms with Gasteiger partial charge in [0.05, 0.1) is 22.6 Å². The Kier molecular flexibility index (Phi) is 4.03. The van der Waals surface area contributed by atoms with E-state index in [1.165, 1.54) is 44.8 Å². The Morgan fingerprint density at radius 2 is 1.76 bits per heavy atom. The van der Waals surface area contributed by atoms with Crippen molar-refractivity contribution in [2.75, 3.05) is 23.1 Å². The predicted octanol–water partition coefficient (Wildman–Crippen LogP) is 4.98. The first kappa shape index (κ1) is 16.5. The van der Waals surface area contributed by atoms with Crippen LogP contribution in [0.5, 0.6) is 0 Å². The van der Waals surface area contributed by atoms with Gasteiger partial charge in [-0.1, -0.05) is 17.7 Å². The molecule has 3 heterocycles. The number of benzene rings is 1. The molecule has 4 rings (SSSR count). The minimum absolute atomic E-state index is 1.07. The minimum atomic E-state index is 1.07. The smallest absolute Gasteiger partial charge is 0.0984 e. The Bertz CT molecular complexity index is 942. The summed E-state index contributed by atoms with van der Waals surface area (Å²) in [5.41, 5.74) is 11.3. The van der Waals surface area contributed by atoms with Crippen LogP contribution in [0, 0.1) is 27.7 Å². The van der Waals surface area contributed by atoms with Crippen molar-refractivity contribution in [3.8, 4) is 11.1 Å². The molecule has 3 nitrogen and oxygen atoms in total. The maximum Gasteiger partial charge on any atom is 0.0984 e. The molecule has 1 saturated heterocycles. The van der Waals surface area contributed by atoms with Gasteiger partial charge in [-0.2, -0.15) is 0 Å². The average Bonchev–Trinajstić information content (AvgIpc) is 3.15. The van der Waals surface area contributed by atoms with Crippen molar-refractivity contribution in [1.82, 2.24) is 9.55 Å². The zero-order valence-electron chi connectivity index (χ0n) is 15.7. The van der Waals surface area contributed by atoms with Gasteiger partial charge in [0.2, 0.25) is 0 Å². The molecule has 2 aromatic heterocycles. The molecule has 0 N–H and O–H groups in total. The second-order valence-corrected chi connectivity index (χ2v) is 8.28. The zero-order chi connectivity index (χ0) is 17.7. The third kappa shape index (κ3) is 2.73. The lowest BCUT2D eigenvalue weighted by Gasteiger charge is -2.19. The fourth-order valence-corrected chi connectivity index (χ4v) is 5.10. The monoisotopic (exact) mass is 351 g/mol. The number of hydrogen-bond donors (Lipinski definition) is 0. The zero-order valence-corrected chi connectivity index (χ0v) is 16.5. The molecule has 0 aliphatic carbocycles. The van der Waals surface area contributed by atoms with Gasteiger partial charge < -0.3 is 9.47 Å². The van der Waals surface area contributed by atoms with E-state index in [9.17, 15) is 0 Å². The van der Waals surface area contributed by atoms with Crippen LogP contribution in [-0.4, -0.2) is 27.7 Å². The van der Waals surface area contributed by atoms with Crippen molar-refractivity contribution < 1.29 is 0 Å². The molecule has 1 fully saturated rings. The van der Waals surface area contributed by atoms with Gasteiger partial charge in [0, 0.05) is 36.8 Å². The molecule has 0 bridgehead atoms. The molecule has 0 spiro atoms. The second-order valence-electron chi connectivity index (χ2n) is 7.21. The van der Waals surface area contributed by atoms with Crippen LogP contribution < -0.4 is 4.90 Å². The lowest BCUT2D eigenvalue weighted by Crippen LogP contribution is -2.19. The summed E-state index contributed by atoms with van der Waals surface area (Å²) >= 11 is 2.00. The first-order valence-electron chi connectivity index (χ1n) is 8.83. The van der Waals surface area contributed by atoms with E-state index in [2.05, 4.69) is 68.6 Å². The second kappa shape index (κ2) is 6.10. The first-order valence-corrected chi connectivity index (χ1v) is 9.99. The van der Waals surface area contributed by atoms with Crippen LogP contribution in [0.3, 0.4) is 0 Å². The van der Waals surface area contributed by atoms with Gasteiger partial charge in [-0.3, -0.25) is 4.98 Å². The van der Waals surface area contributed by atoms with Gasteiger partial charge in [0.15, 0.2) is 0 Å². The molecular weight excluding hydrogens is 326 g/mol. The SMILES string of the molecule is Cc1cc(C)c(-c2cn(C)c3c(N4CCSC4)cc(C)nc23)c(C)c1. The summed E-state index contributed by atoms with van der Waals surface area (Å²) in [6, 6.07) is 6.79. The highest BCUT2D eigenvalue weighted by atomic mass is 32.2. The summed E-state index contributed by atoms with van der Waals surface area (Å²) in [6.45, 7) is 9.81. The Morgan fingerprint density at radius 1 is 1.04 bits per heavy atom. The number of anilines is 1. The molecule has 130 valence electrons. The van der Waals surface area contributed by atoms with Gasteiger partial charge in [-0.05, 0) is 50.5 Å². The van der Waals surface area contributed by atoms with E-state index in [1.54, 1.807) is 0 Å². The van der Waals surface area contributed by atoms with E-state index in [0.29, 0.717) is 0 Å². The molecule has 0 saturated carbocycles. The molecule has 4 heteroatoms. The van der Waals surface area contributed by atoms with Gasteiger partial charge in [0.1, 0.15) is 0 Å². The highest BCUT2D eigenvalue weighted by molar-refractivity contribution is 7.99. The highest BCUT2D eigenvalue weighted by Gasteiger charge is 2.22. The summed E-state index contributed by atoms with van der Waals surface area (Å²) in [5, 5.41) is 0. The summed E-state index contributed by atoms with van der Waals surface area (Å²) in [4.78, 5) is 7.44. The molecule has 1 aromatic carbocycles. The van der Waals surface area contributed by atoms with E-state index < -0.39 is 0 Å². The molecule has 1 aliphatic rings. The van der Waals surface area contributed by atoms with Crippen molar-refractivity contribution in [3.05, 3.63) is 46.8 Å². The van der Waals surface area contributed by atoms with Crippen molar-refractivity contribution in [2.45, 2.75) is 27.7 Å². The summed E-state index contributed by atoms with van der Waals surface area (Å²) < 4.78 is 2.26. The molecule has 25 heavy (non-hydrogen) atoms. The van der Waals surface area contributed by atoms with E-state index in [0.717, 1.165) is 23.6 Å². The van der Waals surface area contributed by atoms with Crippen LogP contribution in [0.2, 0.25) is 0 Å². The lowest BCUT2D eigenvalue weighted by atomic mass is 9.94. The van der Waals surface area contributed by atoms with E-state index >= 15 is 0 Å². The van der Waals surface area contributed by atoms with Gasteiger partial charge in [-0.15, -0.1) is 11.8 Å². The highest BCUT2D eigenvalue weighted by Crippen LogP contribution is 2.39. The normalized spacial score (nSPS) is 14.7. The van der Waals surface area contributed by atoms with Crippen LogP contribution in [0.25, 0.3) is 22.2 Å². The van der Waals surface area contributed by atoms with Gasteiger partial charge in [-0.25, -0.2) is 0 Å². The number of nitrogens with zero attached hydrogens (tertiary/aromatic N) is 3. The number of pyridine rings is 1. The Labute approximate surface area is 154 Å².